The van der Waals surface area contributed by atoms with Gasteiger partial charge in [-0.1, -0.05) is 23.7 Å². The largest absolute Gasteiger partial charge is 0.368 e. The number of hydrogen-bond donors (Lipinski definition) is 2. The fourth-order valence-corrected chi connectivity index (χ4v) is 4.12. The molecule has 1 saturated heterocycles. The molecule has 12 heteroatoms. The number of carbonyl (C=O) groups is 1. The zero-order chi connectivity index (χ0) is 25.1. The zero-order valence-corrected chi connectivity index (χ0v) is 20.6. The number of tetrazole rings is 1. The van der Waals surface area contributed by atoms with E-state index in [1.807, 2.05) is 53.4 Å². The first-order valence-corrected chi connectivity index (χ1v) is 11.8. The van der Waals surface area contributed by atoms with Crippen molar-refractivity contribution in [2.45, 2.75) is 6.92 Å². The summed E-state index contributed by atoms with van der Waals surface area (Å²) in [7, 11) is 1.72. The van der Waals surface area contributed by atoms with Crippen LogP contribution in [-0.4, -0.2) is 67.2 Å². The highest BCUT2D eigenvalue weighted by Gasteiger charge is 2.19. The summed E-state index contributed by atoms with van der Waals surface area (Å²) in [5, 5.41) is 19.2. The minimum Gasteiger partial charge on any atom is -0.368 e. The Labute approximate surface area is 213 Å². The molecule has 0 aliphatic carbocycles. The number of aromatic nitrogens is 6. The summed E-state index contributed by atoms with van der Waals surface area (Å²) in [5.41, 5.74) is 3.47. The Kier molecular flexibility index (Phi) is 6.63. The van der Waals surface area contributed by atoms with Crippen LogP contribution in [0.3, 0.4) is 0 Å². The van der Waals surface area contributed by atoms with Crippen LogP contribution in [0.5, 0.6) is 0 Å². The maximum Gasteiger partial charge on any atom is 0.229 e. The number of para-hydroxylation sites is 1. The van der Waals surface area contributed by atoms with Gasteiger partial charge >= 0.3 is 0 Å². The van der Waals surface area contributed by atoms with Crippen molar-refractivity contribution in [2.24, 2.45) is 7.05 Å². The monoisotopic (exact) mass is 504 g/mol. The molecule has 2 N–H and O–H groups in total. The van der Waals surface area contributed by atoms with Gasteiger partial charge in [0.05, 0.1) is 18.9 Å². The summed E-state index contributed by atoms with van der Waals surface area (Å²) < 4.78 is 0. The van der Waals surface area contributed by atoms with Crippen LogP contribution in [0.2, 0.25) is 5.02 Å². The number of anilines is 5. The van der Waals surface area contributed by atoms with E-state index >= 15 is 0 Å². The Balaban J connectivity index is 1.29. The van der Waals surface area contributed by atoms with Crippen molar-refractivity contribution in [3.05, 3.63) is 59.8 Å². The van der Waals surface area contributed by atoms with E-state index < -0.39 is 0 Å². The molecule has 0 atom stereocenters. The van der Waals surface area contributed by atoms with Crippen molar-refractivity contribution in [3.8, 4) is 11.4 Å². The van der Waals surface area contributed by atoms with E-state index in [4.69, 9.17) is 11.6 Å². The van der Waals surface area contributed by atoms with Crippen molar-refractivity contribution < 1.29 is 4.79 Å². The Morgan fingerprint density at radius 3 is 2.44 bits per heavy atom. The molecule has 1 amide bonds. The fourth-order valence-electron chi connectivity index (χ4n) is 3.99. The highest BCUT2D eigenvalue weighted by molar-refractivity contribution is 6.33. The molecular weight excluding hydrogens is 480 g/mol. The molecule has 4 aromatic rings. The van der Waals surface area contributed by atoms with Gasteiger partial charge < -0.3 is 20.4 Å². The van der Waals surface area contributed by atoms with E-state index in [-0.39, 0.29) is 5.91 Å². The lowest BCUT2D eigenvalue weighted by molar-refractivity contribution is -0.129. The van der Waals surface area contributed by atoms with E-state index in [1.165, 1.54) is 4.80 Å². The zero-order valence-electron chi connectivity index (χ0n) is 19.9. The average molecular weight is 505 g/mol. The van der Waals surface area contributed by atoms with Gasteiger partial charge in [-0.15, -0.1) is 10.2 Å². The summed E-state index contributed by atoms with van der Waals surface area (Å²) >= 11 is 6.40. The molecule has 0 unspecified atom stereocenters. The number of aryl methyl sites for hydroxylation is 1. The van der Waals surface area contributed by atoms with Gasteiger partial charge in [-0.25, -0.2) is 4.98 Å². The van der Waals surface area contributed by atoms with Crippen molar-refractivity contribution in [2.75, 3.05) is 41.7 Å². The minimum absolute atomic E-state index is 0.125. The maximum absolute atomic E-state index is 11.6. The lowest BCUT2D eigenvalue weighted by Gasteiger charge is -2.35. The number of nitrogens with zero attached hydrogens (tertiary/aromatic N) is 8. The third-order valence-electron chi connectivity index (χ3n) is 5.89. The SMILES string of the molecule is CC(=O)N1CCN(c2ccc(Nc3ncc(Cl)c(Nc4ccccc4-c4nnn(C)n4)n3)cc2)CC1. The molecule has 1 aliphatic heterocycles. The highest BCUT2D eigenvalue weighted by Crippen LogP contribution is 2.30. The van der Waals surface area contributed by atoms with E-state index in [9.17, 15) is 4.79 Å². The average Bonchev–Trinajstić information content (AvgIpc) is 3.33. The Bertz CT molecular complexity index is 1370. The quantitative estimate of drug-likeness (QED) is 0.407. The normalized spacial score (nSPS) is 13.5. The summed E-state index contributed by atoms with van der Waals surface area (Å²) in [5.74, 6) is 1.47. The summed E-state index contributed by atoms with van der Waals surface area (Å²) in [6.45, 7) is 4.71. The van der Waals surface area contributed by atoms with Crippen LogP contribution < -0.4 is 15.5 Å². The van der Waals surface area contributed by atoms with E-state index in [1.54, 1.807) is 20.2 Å². The van der Waals surface area contributed by atoms with Gasteiger partial charge in [-0.3, -0.25) is 4.79 Å². The molecule has 11 nitrogen and oxygen atoms in total. The number of halogens is 1. The van der Waals surface area contributed by atoms with Crippen LogP contribution in [0.15, 0.2) is 54.7 Å². The Hall–Kier alpha value is -4.25. The van der Waals surface area contributed by atoms with E-state index in [0.717, 1.165) is 48.8 Å². The van der Waals surface area contributed by atoms with Gasteiger partial charge in [-0.05, 0) is 41.6 Å². The lowest BCUT2D eigenvalue weighted by Crippen LogP contribution is -2.48. The fraction of sp³-hybridized carbons (Fsp3) is 0.250. The molecular formula is C24H25ClN10O. The van der Waals surface area contributed by atoms with Gasteiger partial charge in [-0.2, -0.15) is 9.78 Å². The molecule has 36 heavy (non-hydrogen) atoms. The van der Waals surface area contributed by atoms with Crippen LogP contribution in [0.4, 0.5) is 28.8 Å². The molecule has 2 aromatic carbocycles. The van der Waals surface area contributed by atoms with Crippen LogP contribution in [0, 0.1) is 0 Å². The molecule has 2 aromatic heterocycles. The predicted octanol–water partition coefficient (Wildman–Crippen LogP) is 3.48. The van der Waals surface area contributed by atoms with Gasteiger partial charge in [0.15, 0.2) is 5.82 Å². The van der Waals surface area contributed by atoms with Crippen molar-refractivity contribution in [1.82, 2.24) is 35.1 Å². The van der Waals surface area contributed by atoms with Gasteiger partial charge in [0.25, 0.3) is 0 Å². The molecule has 5 rings (SSSR count). The third kappa shape index (κ3) is 5.20. The number of carbonyl (C=O) groups excluding carboxylic acids is 1. The lowest BCUT2D eigenvalue weighted by atomic mass is 10.1. The second-order valence-electron chi connectivity index (χ2n) is 8.33. The molecule has 0 spiro atoms. The molecule has 0 saturated carbocycles. The number of benzene rings is 2. The summed E-state index contributed by atoms with van der Waals surface area (Å²) in [4.78, 5) is 26.0. The number of rotatable bonds is 6. The van der Waals surface area contributed by atoms with Crippen LogP contribution >= 0.6 is 11.6 Å². The first-order chi connectivity index (χ1) is 17.5. The van der Waals surface area contributed by atoms with Crippen molar-refractivity contribution in [1.29, 1.82) is 0 Å². The molecule has 1 aliphatic rings. The van der Waals surface area contributed by atoms with E-state index in [2.05, 4.69) is 40.9 Å². The van der Waals surface area contributed by atoms with Gasteiger partial charge in [0, 0.05) is 50.0 Å². The number of nitrogens with one attached hydrogen (secondary N) is 2. The van der Waals surface area contributed by atoms with Crippen LogP contribution in [0.1, 0.15) is 6.92 Å². The molecule has 3 heterocycles. The smallest absolute Gasteiger partial charge is 0.229 e. The predicted molar refractivity (Wildman–Crippen MR) is 139 cm³/mol. The van der Waals surface area contributed by atoms with Crippen molar-refractivity contribution in [3.63, 3.8) is 0 Å². The first-order valence-electron chi connectivity index (χ1n) is 11.5. The topological polar surface area (TPSA) is 117 Å². The first kappa shape index (κ1) is 23.5. The second-order valence-corrected chi connectivity index (χ2v) is 8.74. The highest BCUT2D eigenvalue weighted by atomic mass is 35.5. The Morgan fingerprint density at radius 2 is 1.75 bits per heavy atom. The second kappa shape index (κ2) is 10.2. The van der Waals surface area contributed by atoms with Gasteiger partial charge in [0.2, 0.25) is 17.7 Å². The molecule has 1 fully saturated rings. The number of piperazine rings is 1. The summed E-state index contributed by atoms with van der Waals surface area (Å²) in [6, 6.07) is 15.6. The minimum atomic E-state index is 0.125. The number of hydrogen-bond acceptors (Lipinski definition) is 9. The van der Waals surface area contributed by atoms with Crippen LogP contribution in [-0.2, 0) is 11.8 Å². The molecule has 0 bridgehead atoms. The van der Waals surface area contributed by atoms with E-state index in [0.29, 0.717) is 22.6 Å². The maximum atomic E-state index is 11.6. The Morgan fingerprint density at radius 1 is 1.00 bits per heavy atom. The number of amides is 1. The van der Waals surface area contributed by atoms with Crippen molar-refractivity contribution >= 4 is 46.3 Å². The standard InChI is InChI=1S/C24H25ClN10O/c1-16(36)34-11-13-35(14-12-34)18-9-7-17(8-10-18)27-24-26-15-20(25)23(29-24)28-21-6-4-3-5-19(21)22-30-32-33(2)31-22/h3-10,15H,11-14H2,1-2H3,(H2,26,27,28,29). The third-order valence-corrected chi connectivity index (χ3v) is 6.16. The molecule has 184 valence electrons. The van der Waals surface area contributed by atoms with Crippen LogP contribution in [0.25, 0.3) is 11.4 Å². The molecule has 0 radical (unpaired) electrons. The summed E-state index contributed by atoms with van der Waals surface area (Å²) in [6.07, 6.45) is 1.55. The van der Waals surface area contributed by atoms with Gasteiger partial charge in [0.1, 0.15) is 5.02 Å².